The maximum atomic E-state index is 12.1. The van der Waals surface area contributed by atoms with Gasteiger partial charge in [-0.05, 0) is 48.5 Å². The highest BCUT2D eigenvalue weighted by Crippen LogP contribution is 2.14. The summed E-state index contributed by atoms with van der Waals surface area (Å²) >= 11 is 0. The first-order valence-electron chi connectivity index (χ1n) is 9.44. The number of rotatable bonds is 9. The van der Waals surface area contributed by atoms with Crippen LogP contribution in [0.5, 0.6) is 0 Å². The van der Waals surface area contributed by atoms with Crippen LogP contribution in [0, 0.1) is 0 Å². The molecule has 0 aliphatic carbocycles. The lowest BCUT2D eigenvalue weighted by atomic mass is 10.2. The van der Waals surface area contributed by atoms with Crippen LogP contribution in [0.4, 0.5) is 16.2 Å². The molecule has 9 nitrogen and oxygen atoms in total. The molecular formula is C21H22N4O5S. The largest absolute Gasteiger partial charge is 0.467 e. The number of urea groups is 1. The molecule has 0 spiro atoms. The third-order valence-corrected chi connectivity index (χ3v) is 5.60. The summed E-state index contributed by atoms with van der Waals surface area (Å²) in [5.74, 6) is 0.298. The van der Waals surface area contributed by atoms with Crippen molar-refractivity contribution in [2.24, 2.45) is 0 Å². The zero-order valence-corrected chi connectivity index (χ0v) is 17.3. The molecule has 3 aromatic rings. The summed E-state index contributed by atoms with van der Waals surface area (Å²) < 4.78 is 31.8. The minimum absolute atomic E-state index is 0.0265. The second-order valence-corrected chi connectivity index (χ2v) is 8.24. The number of amides is 3. The summed E-state index contributed by atoms with van der Waals surface area (Å²) in [7, 11) is -3.65. The Morgan fingerprint density at radius 3 is 2.16 bits per heavy atom. The summed E-state index contributed by atoms with van der Waals surface area (Å²) in [5, 5.41) is 8.01. The van der Waals surface area contributed by atoms with Crippen LogP contribution in [0.25, 0.3) is 0 Å². The van der Waals surface area contributed by atoms with Crippen LogP contribution in [0.2, 0.25) is 0 Å². The van der Waals surface area contributed by atoms with Crippen molar-refractivity contribution in [3.8, 4) is 0 Å². The van der Waals surface area contributed by atoms with Gasteiger partial charge in [0.15, 0.2) is 0 Å². The number of sulfonamides is 1. The van der Waals surface area contributed by atoms with Crippen molar-refractivity contribution < 1.29 is 22.4 Å². The molecule has 0 bridgehead atoms. The molecule has 0 saturated heterocycles. The van der Waals surface area contributed by atoms with Gasteiger partial charge >= 0.3 is 6.03 Å². The van der Waals surface area contributed by atoms with Gasteiger partial charge < -0.3 is 20.4 Å². The highest BCUT2D eigenvalue weighted by Gasteiger charge is 2.13. The van der Waals surface area contributed by atoms with Crippen LogP contribution in [0.1, 0.15) is 12.2 Å². The Balaban J connectivity index is 1.40. The molecule has 1 heterocycles. The van der Waals surface area contributed by atoms with Gasteiger partial charge in [-0.25, -0.2) is 17.9 Å². The van der Waals surface area contributed by atoms with E-state index >= 15 is 0 Å². The van der Waals surface area contributed by atoms with Crippen LogP contribution >= 0.6 is 0 Å². The van der Waals surface area contributed by atoms with Crippen molar-refractivity contribution in [2.45, 2.75) is 17.9 Å². The Labute approximate surface area is 179 Å². The Morgan fingerprint density at radius 1 is 0.839 bits per heavy atom. The summed E-state index contributed by atoms with van der Waals surface area (Å²) in [4.78, 5) is 24.1. The normalized spacial score (nSPS) is 11.0. The summed E-state index contributed by atoms with van der Waals surface area (Å²) in [6.45, 7) is 0.236. The van der Waals surface area contributed by atoms with Crippen LogP contribution < -0.4 is 20.7 Å². The quantitative estimate of drug-likeness (QED) is 0.405. The fraction of sp³-hybridized carbons (Fsp3) is 0.143. The second kappa shape index (κ2) is 10.4. The lowest BCUT2D eigenvalue weighted by molar-refractivity contribution is -0.116. The zero-order valence-electron chi connectivity index (χ0n) is 16.5. The van der Waals surface area contributed by atoms with Crippen LogP contribution in [0.15, 0.2) is 82.3 Å². The van der Waals surface area contributed by atoms with Crippen molar-refractivity contribution in [2.75, 3.05) is 17.2 Å². The van der Waals surface area contributed by atoms with Gasteiger partial charge in [0.25, 0.3) is 0 Å². The molecule has 4 N–H and O–H groups in total. The molecule has 3 amide bonds. The topological polar surface area (TPSA) is 130 Å². The highest BCUT2D eigenvalue weighted by molar-refractivity contribution is 7.89. The van der Waals surface area contributed by atoms with Crippen molar-refractivity contribution in [3.63, 3.8) is 0 Å². The zero-order chi connectivity index (χ0) is 22.1. The van der Waals surface area contributed by atoms with Crippen molar-refractivity contribution in [3.05, 3.63) is 78.8 Å². The third-order valence-electron chi connectivity index (χ3n) is 4.13. The smallest absolute Gasteiger partial charge is 0.319 e. The fourth-order valence-electron chi connectivity index (χ4n) is 2.60. The van der Waals surface area contributed by atoms with E-state index in [1.165, 1.54) is 18.4 Å². The monoisotopic (exact) mass is 442 g/mol. The summed E-state index contributed by atoms with van der Waals surface area (Å²) in [5.41, 5.74) is 1.07. The van der Waals surface area contributed by atoms with Gasteiger partial charge in [-0.15, -0.1) is 0 Å². The SMILES string of the molecule is O=C(CCNS(=O)(=O)c1ccccc1)Nc1ccc(NC(=O)NCc2ccco2)cc1. The molecule has 0 radical (unpaired) electrons. The van der Waals surface area contributed by atoms with Gasteiger partial charge in [0, 0.05) is 24.3 Å². The van der Waals surface area contributed by atoms with Gasteiger partial charge in [0.2, 0.25) is 15.9 Å². The fourth-order valence-corrected chi connectivity index (χ4v) is 3.65. The first-order chi connectivity index (χ1) is 14.9. The standard InChI is InChI=1S/C21H22N4O5S/c26-20(12-13-23-31(28,29)19-6-2-1-3-7-19)24-16-8-10-17(11-9-16)25-21(27)22-15-18-5-4-14-30-18/h1-11,14,23H,12-13,15H2,(H,24,26)(H2,22,25,27). The molecule has 0 unspecified atom stereocenters. The number of carbonyl (C=O) groups excluding carboxylic acids is 2. The van der Waals surface area contributed by atoms with E-state index in [2.05, 4.69) is 20.7 Å². The van der Waals surface area contributed by atoms with Crippen LogP contribution in [0.3, 0.4) is 0 Å². The molecule has 10 heteroatoms. The number of hydrogen-bond donors (Lipinski definition) is 4. The molecule has 0 aliphatic rings. The molecule has 0 fully saturated rings. The molecule has 0 saturated carbocycles. The second-order valence-electron chi connectivity index (χ2n) is 6.47. The summed E-state index contributed by atoms with van der Waals surface area (Å²) in [6, 6.07) is 17.6. The third kappa shape index (κ3) is 6.98. The van der Waals surface area contributed by atoms with Gasteiger partial charge in [-0.3, -0.25) is 4.79 Å². The maximum Gasteiger partial charge on any atom is 0.319 e. The summed E-state index contributed by atoms with van der Waals surface area (Å²) in [6.07, 6.45) is 1.50. The van der Waals surface area contributed by atoms with Crippen LogP contribution in [-0.4, -0.2) is 26.9 Å². The maximum absolute atomic E-state index is 12.1. The van der Waals surface area contributed by atoms with Crippen LogP contribution in [-0.2, 0) is 21.4 Å². The van der Waals surface area contributed by atoms with E-state index in [4.69, 9.17) is 4.42 Å². The number of anilines is 2. The van der Waals surface area contributed by atoms with E-state index in [-0.39, 0.29) is 36.3 Å². The molecule has 31 heavy (non-hydrogen) atoms. The molecule has 1 aromatic heterocycles. The van der Waals surface area contributed by atoms with E-state index in [0.717, 1.165) is 0 Å². The number of hydrogen-bond acceptors (Lipinski definition) is 5. The first kappa shape index (κ1) is 22.1. The number of carbonyl (C=O) groups is 2. The highest BCUT2D eigenvalue weighted by atomic mass is 32.2. The number of benzene rings is 2. The van der Waals surface area contributed by atoms with E-state index in [1.807, 2.05) is 0 Å². The number of nitrogens with one attached hydrogen (secondary N) is 4. The lowest BCUT2D eigenvalue weighted by Crippen LogP contribution is -2.28. The molecule has 0 aliphatic heterocycles. The Hall–Kier alpha value is -3.63. The Kier molecular flexibility index (Phi) is 7.41. The average molecular weight is 442 g/mol. The first-order valence-corrected chi connectivity index (χ1v) is 10.9. The minimum atomic E-state index is -3.65. The van der Waals surface area contributed by atoms with Crippen molar-refractivity contribution in [1.82, 2.24) is 10.0 Å². The number of furan rings is 1. The molecule has 3 rings (SSSR count). The van der Waals surface area contributed by atoms with Gasteiger partial charge in [-0.2, -0.15) is 0 Å². The molecular weight excluding hydrogens is 420 g/mol. The van der Waals surface area contributed by atoms with Gasteiger partial charge in [0.1, 0.15) is 5.76 Å². The van der Waals surface area contributed by atoms with Crippen molar-refractivity contribution in [1.29, 1.82) is 0 Å². The lowest BCUT2D eigenvalue weighted by Gasteiger charge is -2.09. The predicted molar refractivity (Wildman–Crippen MR) is 116 cm³/mol. The van der Waals surface area contributed by atoms with E-state index in [1.54, 1.807) is 54.6 Å². The Bertz CT molecular complexity index is 1100. The van der Waals surface area contributed by atoms with Gasteiger partial charge in [0.05, 0.1) is 17.7 Å². The molecule has 162 valence electrons. The minimum Gasteiger partial charge on any atom is -0.467 e. The Morgan fingerprint density at radius 2 is 1.52 bits per heavy atom. The predicted octanol–water partition coefficient (Wildman–Crippen LogP) is 2.91. The van der Waals surface area contributed by atoms with E-state index in [0.29, 0.717) is 17.1 Å². The van der Waals surface area contributed by atoms with E-state index < -0.39 is 10.0 Å². The van der Waals surface area contributed by atoms with E-state index in [9.17, 15) is 18.0 Å². The molecule has 2 aromatic carbocycles. The molecule has 0 atom stereocenters. The average Bonchev–Trinajstić information content (AvgIpc) is 3.28. The van der Waals surface area contributed by atoms with Crippen molar-refractivity contribution >= 4 is 33.3 Å². The van der Waals surface area contributed by atoms with Gasteiger partial charge in [-0.1, -0.05) is 18.2 Å².